The Morgan fingerprint density at radius 3 is 2.06 bits per heavy atom. The van der Waals surface area contributed by atoms with Gasteiger partial charge in [-0.1, -0.05) is 145 Å². The maximum Gasteiger partial charge on any atom is 0.245 e. The highest BCUT2D eigenvalue weighted by Gasteiger charge is 2.41. The van der Waals surface area contributed by atoms with Gasteiger partial charge in [0.05, 0.1) is 35.6 Å². The number of likely N-dealkylation sites (tertiary alicyclic amines) is 2. The van der Waals surface area contributed by atoms with Gasteiger partial charge in [0.25, 0.3) is 0 Å². The van der Waals surface area contributed by atoms with Crippen LogP contribution in [0.15, 0.2) is 131 Å². The van der Waals surface area contributed by atoms with E-state index >= 15 is 0 Å². The summed E-state index contributed by atoms with van der Waals surface area (Å²) in [5.41, 5.74) is 9.10. The smallest absolute Gasteiger partial charge is 0.245 e. The number of nitrogens with zero attached hydrogens (tertiary/aromatic N) is 5. The van der Waals surface area contributed by atoms with E-state index in [1.165, 1.54) is 0 Å². The van der Waals surface area contributed by atoms with E-state index in [1.807, 2.05) is 41.4 Å². The molecule has 6 atom stereocenters. The standard InChI is InChI=1S/C59H70N6O3/c1-7-41(8-2)40(6)54(44-21-13-11-14-22-44)58(66)64-34-18-26-50(64)55-39(5)20-17-25-48(61-55)42-28-30-43(31-29-42)53-37-47-36-46(32-33-52(47)68-53)49-38-60-57(62-49)51-27-19-35-65(51)59(67)56(63(9-3)10-4)45-23-15-12-16-24-45/h11-16,21-25,28-33,36-41,50-51,54,56H,7-10,17-20,26-27,34-35H2,1-6H3,(H,60,62). The first-order valence-corrected chi connectivity index (χ1v) is 25.6. The Balaban J connectivity index is 0.916. The SMILES string of the molecule is CCC(CC)C(C)C(C(=O)N1CCCC1C1=NC(c2ccc(-c3cc4cc(-c5cnc(C6CCCN6C(=O)C(c6ccccc6)N(CC)CC)[nH]5)ccc4o3)cc2)=CCCC1C)c1ccccc1. The van der Waals surface area contributed by atoms with Gasteiger partial charge in [-0.15, -0.1) is 0 Å². The molecule has 68 heavy (non-hydrogen) atoms. The van der Waals surface area contributed by atoms with Gasteiger partial charge in [-0.25, -0.2) is 4.98 Å². The van der Waals surface area contributed by atoms with E-state index in [-0.39, 0.29) is 47.7 Å². The summed E-state index contributed by atoms with van der Waals surface area (Å²) in [6, 6.07) is 37.2. The molecule has 0 spiro atoms. The first kappa shape index (κ1) is 47.0. The van der Waals surface area contributed by atoms with E-state index in [1.54, 1.807) is 0 Å². The van der Waals surface area contributed by atoms with Gasteiger partial charge >= 0.3 is 0 Å². The van der Waals surface area contributed by atoms with Crippen molar-refractivity contribution in [2.45, 2.75) is 117 Å². The zero-order chi connectivity index (χ0) is 47.3. The molecule has 0 radical (unpaired) electrons. The number of aromatic amines is 1. The van der Waals surface area contributed by atoms with Gasteiger partial charge in [-0.2, -0.15) is 0 Å². The van der Waals surface area contributed by atoms with E-state index in [9.17, 15) is 9.59 Å². The molecule has 9 heteroatoms. The fourth-order valence-corrected chi connectivity index (χ4v) is 11.7. The van der Waals surface area contributed by atoms with E-state index in [2.05, 4.69) is 141 Å². The molecule has 9 nitrogen and oxygen atoms in total. The third-order valence-electron chi connectivity index (χ3n) is 15.6. The molecule has 6 aromatic rings. The lowest BCUT2D eigenvalue weighted by molar-refractivity contribution is -0.138. The van der Waals surface area contributed by atoms with E-state index < -0.39 is 0 Å². The number of imidazole rings is 1. The minimum atomic E-state index is -0.326. The quantitative estimate of drug-likeness (QED) is 0.104. The Morgan fingerprint density at radius 2 is 1.38 bits per heavy atom. The molecule has 2 saturated heterocycles. The van der Waals surface area contributed by atoms with Crippen LogP contribution in [-0.2, 0) is 9.59 Å². The van der Waals surface area contributed by atoms with Crippen molar-refractivity contribution < 1.29 is 14.0 Å². The molecular weight excluding hydrogens is 841 g/mol. The predicted molar refractivity (Wildman–Crippen MR) is 276 cm³/mol. The molecule has 3 aliphatic heterocycles. The monoisotopic (exact) mass is 911 g/mol. The molecule has 3 aliphatic rings. The number of benzene rings is 4. The molecular formula is C59H70N6O3. The first-order chi connectivity index (χ1) is 33.2. The molecule has 9 rings (SSSR count). The van der Waals surface area contributed by atoms with Crippen molar-refractivity contribution >= 4 is 34.2 Å². The normalized spacial score (nSPS) is 20.1. The number of amides is 2. The van der Waals surface area contributed by atoms with Gasteiger partial charge in [0.1, 0.15) is 23.2 Å². The van der Waals surface area contributed by atoms with Crippen molar-refractivity contribution in [3.8, 4) is 22.6 Å². The minimum Gasteiger partial charge on any atom is -0.456 e. The summed E-state index contributed by atoms with van der Waals surface area (Å²) >= 11 is 0. The number of likely N-dealkylation sites (N-methyl/N-ethyl adjacent to an activating group) is 1. The van der Waals surface area contributed by atoms with E-state index in [0.29, 0.717) is 5.92 Å². The highest BCUT2D eigenvalue weighted by molar-refractivity contribution is 5.99. The lowest BCUT2D eigenvalue weighted by atomic mass is 9.76. The van der Waals surface area contributed by atoms with Crippen LogP contribution in [0.1, 0.15) is 133 Å². The number of H-pyrrole nitrogens is 1. The third kappa shape index (κ3) is 9.51. The number of rotatable bonds is 16. The molecule has 2 fully saturated rings. The van der Waals surface area contributed by atoms with Crippen LogP contribution in [0.25, 0.3) is 39.2 Å². The number of fused-ring (bicyclic) bond motifs is 1. The van der Waals surface area contributed by atoms with E-state index in [4.69, 9.17) is 14.4 Å². The summed E-state index contributed by atoms with van der Waals surface area (Å²) in [4.78, 5) is 49.6. The van der Waals surface area contributed by atoms with Crippen LogP contribution in [0.3, 0.4) is 0 Å². The summed E-state index contributed by atoms with van der Waals surface area (Å²) in [6.45, 7) is 16.4. The van der Waals surface area contributed by atoms with Crippen molar-refractivity contribution in [2.75, 3.05) is 26.2 Å². The summed E-state index contributed by atoms with van der Waals surface area (Å²) in [7, 11) is 0. The average molecular weight is 911 g/mol. The second kappa shape index (κ2) is 21.1. The Hall–Kier alpha value is -6.06. The van der Waals surface area contributed by atoms with Crippen LogP contribution in [0.2, 0.25) is 0 Å². The fraction of sp³-hybridized carbons (Fsp3) is 0.424. The molecule has 5 heterocycles. The van der Waals surface area contributed by atoms with Gasteiger partial charge in [-0.3, -0.25) is 19.5 Å². The first-order valence-electron chi connectivity index (χ1n) is 25.6. The van der Waals surface area contributed by atoms with Crippen molar-refractivity contribution in [1.82, 2.24) is 24.7 Å². The maximum atomic E-state index is 14.9. The molecule has 1 N–H and O–H groups in total. The highest BCUT2D eigenvalue weighted by Crippen LogP contribution is 2.40. The van der Waals surface area contributed by atoms with Gasteiger partial charge in [0.15, 0.2) is 0 Å². The van der Waals surface area contributed by atoms with Crippen molar-refractivity contribution in [1.29, 1.82) is 0 Å². The topological polar surface area (TPSA) is 98.0 Å². The lowest BCUT2D eigenvalue weighted by Gasteiger charge is -2.36. The molecule has 354 valence electrons. The Labute approximate surface area is 403 Å². The molecule has 2 amide bonds. The van der Waals surface area contributed by atoms with E-state index in [0.717, 1.165) is 145 Å². The second-order valence-corrected chi connectivity index (χ2v) is 19.5. The molecule has 6 unspecified atom stereocenters. The molecule has 0 saturated carbocycles. The van der Waals surface area contributed by atoms with Gasteiger partial charge < -0.3 is 19.2 Å². The zero-order valence-electron chi connectivity index (χ0n) is 41.0. The number of nitrogens with one attached hydrogen (secondary N) is 1. The lowest BCUT2D eigenvalue weighted by Crippen LogP contribution is -2.46. The Morgan fingerprint density at radius 1 is 0.750 bits per heavy atom. The van der Waals surface area contributed by atoms with Crippen LogP contribution < -0.4 is 0 Å². The Bertz CT molecular complexity index is 2710. The van der Waals surface area contributed by atoms with Crippen LogP contribution in [-0.4, -0.2) is 74.4 Å². The number of hydrogen-bond acceptors (Lipinski definition) is 6. The molecule has 0 aliphatic carbocycles. The predicted octanol–water partition coefficient (Wildman–Crippen LogP) is 13.3. The third-order valence-corrected chi connectivity index (χ3v) is 15.6. The van der Waals surface area contributed by atoms with Crippen LogP contribution >= 0.6 is 0 Å². The number of aromatic nitrogens is 2. The molecule has 4 aromatic carbocycles. The van der Waals surface area contributed by atoms with Gasteiger partial charge in [0.2, 0.25) is 11.8 Å². The largest absolute Gasteiger partial charge is 0.456 e. The number of allylic oxidation sites excluding steroid dienone is 1. The van der Waals surface area contributed by atoms with Crippen molar-refractivity contribution in [2.24, 2.45) is 22.7 Å². The second-order valence-electron chi connectivity index (χ2n) is 19.5. The minimum absolute atomic E-state index is 0.00376. The van der Waals surface area contributed by atoms with Crippen LogP contribution in [0.5, 0.6) is 0 Å². The van der Waals surface area contributed by atoms with Crippen molar-refractivity contribution in [3.63, 3.8) is 0 Å². The summed E-state index contributed by atoms with van der Waals surface area (Å²) in [5, 5.41) is 1.01. The number of aliphatic imine (C=N–C) groups is 1. The summed E-state index contributed by atoms with van der Waals surface area (Å²) in [5.74, 6) is 2.86. The summed E-state index contributed by atoms with van der Waals surface area (Å²) in [6.07, 6.45) is 12.0. The molecule has 2 aromatic heterocycles. The number of hydrogen-bond donors (Lipinski definition) is 1. The maximum absolute atomic E-state index is 14.9. The van der Waals surface area contributed by atoms with Crippen LogP contribution in [0, 0.1) is 17.8 Å². The van der Waals surface area contributed by atoms with Crippen molar-refractivity contribution in [3.05, 3.63) is 144 Å². The number of furan rings is 1. The summed E-state index contributed by atoms with van der Waals surface area (Å²) < 4.78 is 6.45. The number of carbonyl (C=O) groups is 2. The highest BCUT2D eigenvalue weighted by atomic mass is 16.3. The van der Waals surface area contributed by atoms with Gasteiger partial charge in [-0.05, 0) is 110 Å². The fourth-order valence-electron chi connectivity index (χ4n) is 11.7. The Kier molecular flexibility index (Phi) is 14.6. The zero-order valence-corrected chi connectivity index (χ0v) is 41.0. The number of carbonyl (C=O) groups excluding carboxylic acids is 2. The average Bonchev–Trinajstić information content (AvgIpc) is 4.21. The van der Waals surface area contributed by atoms with Gasteiger partial charge in [0, 0.05) is 35.3 Å². The molecule has 0 bridgehead atoms. The van der Waals surface area contributed by atoms with Crippen LogP contribution in [0.4, 0.5) is 0 Å².